The molecule has 0 saturated carbocycles. The van der Waals surface area contributed by atoms with E-state index in [4.69, 9.17) is 0 Å². The van der Waals surface area contributed by atoms with Crippen molar-refractivity contribution >= 4 is 21.5 Å². The Balaban J connectivity index is 1.74. The maximum atomic E-state index is 13.2. The molecule has 0 aliphatic rings. The van der Waals surface area contributed by atoms with E-state index in [1.165, 1.54) is 12.3 Å². The van der Waals surface area contributed by atoms with Crippen LogP contribution in [0.25, 0.3) is 0 Å². The largest absolute Gasteiger partial charge is 0.355 e. The first-order valence-electron chi connectivity index (χ1n) is 7.89. The zero-order valence-corrected chi connectivity index (χ0v) is 15.1. The lowest BCUT2D eigenvalue weighted by molar-refractivity contribution is 0.509. The molecule has 0 atom stereocenters. The summed E-state index contributed by atoms with van der Waals surface area (Å²) >= 11 is 0. The van der Waals surface area contributed by atoms with Crippen molar-refractivity contribution in [2.45, 2.75) is 11.4 Å². The van der Waals surface area contributed by atoms with Gasteiger partial charge in [-0.15, -0.1) is 0 Å². The summed E-state index contributed by atoms with van der Waals surface area (Å²) in [7, 11) is -2.15. The monoisotopic (exact) mass is 390 g/mol. The first-order valence-corrected chi connectivity index (χ1v) is 9.37. The Morgan fingerprint density at radius 2 is 1.89 bits per heavy atom. The Hall–Kier alpha value is -3.07. The van der Waals surface area contributed by atoms with Crippen LogP contribution in [0, 0.1) is 11.6 Å². The number of sulfonamides is 1. The molecule has 9 heteroatoms. The summed E-state index contributed by atoms with van der Waals surface area (Å²) < 4.78 is 53.2. The van der Waals surface area contributed by atoms with Crippen LogP contribution >= 0.6 is 0 Å². The summed E-state index contributed by atoms with van der Waals surface area (Å²) in [6.07, 6.45) is 4.62. The standard InChI is InChI=1S/C18H16F2N4O2S/c1-24(12-13-3-2-8-21-10-13)18-7-5-15(11-22-18)27(25,26)23-14-4-6-16(19)17(20)9-14/h2-11,23H,12H2,1H3. The quantitative estimate of drug-likeness (QED) is 0.700. The minimum Gasteiger partial charge on any atom is -0.355 e. The van der Waals surface area contributed by atoms with E-state index in [2.05, 4.69) is 14.7 Å². The van der Waals surface area contributed by atoms with Gasteiger partial charge in [0, 0.05) is 38.2 Å². The molecule has 3 rings (SSSR count). The van der Waals surface area contributed by atoms with E-state index in [0.29, 0.717) is 12.4 Å². The lowest BCUT2D eigenvalue weighted by Crippen LogP contribution is -2.18. The van der Waals surface area contributed by atoms with E-state index in [-0.39, 0.29) is 10.6 Å². The topological polar surface area (TPSA) is 75.2 Å². The van der Waals surface area contributed by atoms with Crippen LogP contribution in [0.15, 0.2) is 66.0 Å². The molecule has 0 radical (unpaired) electrons. The Labute approximate surface area is 155 Å². The maximum absolute atomic E-state index is 13.2. The normalized spacial score (nSPS) is 11.2. The van der Waals surface area contributed by atoms with Crippen molar-refractivity contribution in [3.63, 3.8) is 0 Å². The third-order valence-electron chi connectivity index (χ3n) is 3.74. The van der Waals surface area contributed by atoms with Crippen LogP contribution in [-0.4, -0.2) is 25.4 Å². The zero-order chi connectivity index (χ0) is 19.4. The van der Waals surface area contributed by atoms with Crippen LogP contribution in [0.1, 0.15) is 5.56 Å². The molecule has 0 aliphatic heterocycles. The Morgan fingerprint density at radius 1 is 1.07 bits per heavy atom. The van der Waals surface area contributed by atoms with Crippen LogP contribution in [-0.2, 0) is 16.6 Å². The number of benzene rings is 1. The number of nitrogens with one attached hydrogen (secondary N) is 1. The van der Waals surface area contributed by atoms with Gasteiger partial charge in [0.1, 0.15) is 10.7 Å². The molecule has 0 saturated heterocycles. The van der Waals surface area contributed by atoms with Gasteiger partial charge in [-0.3, -0.25) is 9.71 Å². The number of halogens is 2. The third-order valence-corrected chi connectivity index (χ3v) is 5.10. The molecular formula is C18H16F2N4O2S. The maximum Gasteiger partial charge on any atom is 0.263 e. The lowest BCUT2D eigenvalue weighted by atomic mass is 10.2. The van der Waals surface area contributed by atoms with Gasteiger partial charge >= 0.3 is 0 Å². The summed E-state index contributed by atoms with van der Waals surface area (Å²) in [6, 6.07) is 9.47. The van der Waals surface area contributed by atoms with Crippen LogP contribution in [0.3, 0.4) is 0 Å². The second kappa shape index (κ2) is 7.67. The molecular weight excluding hydrogens is 374 g/mol. The molecule has 6 nitrogen and oxygen atoms in total. The highest BCUT2D eigenvalue weighted by molar-refractivity contribution is 7.92. The minimum absolute atomic E-state index is 0.0772. The second-order valence-corrected chi connectivity index (χ2v) is 7.49. The fraction of sp³-hybridized carbons (Fsp3) is 0.111. The van der Waals surface area contributed by atoms with Gasteiger partial charge in [-0.1, -0.05) is 6.07 Å². The van der Waals surface area contributed by atoms with Gasteiger partial charge in [-0.25, -0.2) is 22.2 Å². The molecule has 0 spiro atoms. The van der Waals surface area contributed by atoms with Gasteiger partial charge < -0.3 is 4.90 Å². The Bertz CT molecular complexity index is 1030. The van der Waals surface area contributed by atoms with Crippen molar-refractivity contribution in [3.05, 3.63) is 78.3 Å². The Morgan fingerprint density at radius 3 is 2.52 bits per heavy atom. The first kappa shape index (κ1) is 18.7. The number of aromatic nitrogens is 2. The van der Waals surface area contributed by atoms with Crippen molar-refractivity contribution in [1.29, 1.82) is 0 Å². The molecule has 2 aromatic heterocycles. The first-order chi connectivity index (χ1) is 12.8. The van der Waals surface area contributed by atoms with Gasteiger partial charge in [-0.05, 0) is 35.9 Å². The molecule has 140 valence electrons. The molecule has 0 bridgehead atoms. The summed E-state index contributed by atoms with van der Waals surface area (Å²) in [5, 5.41) is 0. The smallest absolute Gasteiger partial charge is 0.263 e. The van der Waals surface area contributed by atoms with Crippen LogP contribution in [0.5, 0.6) is 0 Å². The van der Waals surface area contributed by atoms with Gasteiger partial charge in [-0.2, -0.15) is 0 Å². The average Bonchev–Trinajstić information content (AvgIpc) is 2.65. The molecule has 1 N–H and O–H groups in total. The van der Waals surface area contributed by atoms with Crippen LogP contribution in [0.4, 0.5) is 20.3 Å². The fourth-order valence-corrected chi connectivity index (χ4v) is 3.37. The fourth-order valence-electron chi connectivity index (χ4n) is 2.38. The number of nitrogens with zero attached hydrogens (tertiary/aromatic N) is 3. The molecule has 27 heavy (non-hydrogen) atoms. The van der Waals surface area contributed by atoms with E-state index in [9.17, 15) is 17.2 Å². The van der Waals surface area contributed by atoms with Crippen LogP contribution in [0.2, 0.25) is 0 Å². The molecule has 0 amide bonds. The molecule has 0 fully saturated rings. The summed E-state index contributed by atoms with van der Waals surface area (Å²) in [5.74, 6) is -1.62. The number of anilines is 2. The van der Waals surface area contributed by atoms with Crippen molar-refractivity contribution in [2.75, 3.05) is 16.7 Å². The highest BCUT2D eigenvalue weighted by Crippen LogP contribution is 2.20. The average molecular weight is 390 g/mol. The predicted molar refractivity (Wildman–Crippen MR) is 97.7 cm³/mol. The van der Waals surface area contributed by atoms with Gasteiger partial charge in [0.05, 0.1) is 5.69 Å². The van der Waals surface area contributed by atoms with Crippen molar-refractivity contribution in [3.8, 4) is 0 Å². The van der Waals surface area contributed by atoms with Gasteiger partial charge in [0.15, 0.2) is 11.6 Å². The van der Waals surface area contributed by atoms with Crippen molar-refractivity contribution in [2.24, 2.45) is 0 Å². The predicted octanol–water partition coefficient (Wildman–Crippen LogP) is 3.19. The SMILES string of the molecule is CN(Cc1cccnc1)c1ccc(S(=O)(=O)Nc2ccc(F)c(F)c2)cn1. The highest BCUT2D eigenvalue weighted by Gasteiger charge is 2.16. The molecule has 0 aliphatic carbocycles. The van der Waals surface area contributed by atoms with Gasteiger partial charge in [0.2, 0.25) is 0 Å². The summed E-state index contributed by atoms with van der Waals surface area (Å²) in [4.78, 5) is 9.96. The Kier molecular flexibility index (Phi) is 5.31. The number of rotatable bonds is 6. The summed E-state index contributed by atoms with van der Waals surface area (Å²) in [6.45, 7) is 0.556. The minimum atomic E-state index is -3.97. The molecule has 1 aromatic carbocycles. The van der Waals surface area contributed by atoms with E-state index >= 15 is 0 Å². The van der Waals surface area contributed by atoms with Gasteiger partial charge in [0.25, 0.3) is 10.0 Å². The number of hydrogen-bond acceptors (Lipinski definition) is 5. The van der Waals surface area contributed by atoms with Crippen LogP contribution < -0.4 is 9.62 Å². The van der Waals surface area contributed by atoms with E-state index in [1.54, 1.807) is 18.5 Å². The lowest BCUT2D eigenvalue weighted by Gasteiger charge is -2.18. The van der Waals surface area contributed by atoms with Crippen molar-refractivity contribution < 1.29 is 17.2 Å². The van der Waals surface area contributed by atoms with E-state index in [1.807, 2.05) is 24.1 Å². The third kappa shape index (κ3) is 4.56. The zero-order valence-electron chi connectivity index (χ0n) is 14.3. The highest BCUT2D eigenvalue weighted by atomic mass is 32.2. The van der Waals surface area contributed by atoms with E-state index in [0.717, 1.165) is 23.8 Å². The summed E-state index contributed by atoms with van der Waals surface area (Å²) in [5.41, 5.74) is 0.908. The second-order valence-electron chi connectivity index (χ2n) is 5.80. The van der Waals surface area contributed by atoms with Crippen molar-refractivity contribution in [1.82, 2.24) is 9.97 Å². The number of pyridine rings is 2. The number of hydrogen-bond donors (Lipinski definition) is 1. The molecule has 2 heterocycles. The molecule has 0 unspecified atom stereocenters. The molecule has 3 aromatic rings. The van der Waals surface area contributed by atoms with E-state index < -0.39 is 21.7 Å².